The van der Waals surface area contributed by atoms with E-state index >= 15 is 0 Å². The number of rotatable bonds is 4. The van der Waals surface area contributed by atoms with E-state index in [4.69, 9.17) is 5.11 Å². The van der Waals surface area contributed by atoms with E-state index in [9.17, 15) is 4.79 Å². The Bertz CT molecular complexity index is 656. The van der Waals surface area contributed by atoms with Crippen molar-refractivity contribution >= 4 is 43.5 Å². The normalized spacial score (nSPS) is 10.3. The first-order valence-electron chi connectivity index (χ1n) is 5.99. The first kappa shape index (κ1) is 15.1. The van der Waals surface area contributed by atoms with Crippen LogP contribution in [0.4, 0.5) is 5.69 Å². The summed E-state index contributed by atoms with van der Waals surface area (Å²) < 4.78 is 2.00. The van der Waals surface area contributed by atoms with Crippen LogP contribution >= 0.6 is 31.9 Å². The van der Waals surface area contributed by atoms with Gasteiger partial charge < -0.3 is 10.4 Å². The lowest BCUT2D eigenvalue weighted by Crippen LogP contribution is -2.04. The second kappa shape index (κ2) is 6.41. The molecule has 5 heteroatoms. The summed E-state index contributed by atoms with van der Waals surface area (Å²) in [6, 6.07) is 11.1. The molecular formula is C15H13Br2NO2. The van der Waals surface area contributed by atoms with Crippen LogP contribution in [0.2, 0.25) is 0 Å². The summed E-state index contributed by atoms with van der Waals surface area (Å²) in [7, 11) is 0. The maximum Gasteiger partial charge on any atom is 0.335 e. The SMILES string of the molecule is Cc1ccc(C(=O)O)cc1NCc1ccc(Br)c(Br)c1. The molecule has 2 rings (SSSR count). The molecular weight excluding hydrogens is 386 g/mol. The minimum atomic E-state index is -0.917. The highest BCUT2D eigenvalue weighted by Crippen LogP contribution is 2.24. The molecule has 0 aliphatic heterocycles. The number of carboxylic acid groups (broad SMARTS) is 1. The Morgan fingerprint density at radius 1 is 1.15 bits per heavy atom. The maximum absolute atomic E-state index is 11.0. The molecule has 0 amide bonds. The van der Waals surface area contributed by atoms with Gasteiger partial charge in [0.15, 0.2) is 0 Å². The molecule has 0 aromatic heterocycles. The standard InChI is InChI=1S/C15H13Br2NO2/c1-9-2-4-11(15(19)20)7-14(9)18-8-10-3-5-12(16)13(17)6-10/h2-7,18H,8H2,1H3,(H,19,20). The van der Waals surface area contributed by atoms with Crippen molar-refractivity contribution in [3.05, 3.63) is 62.0 Å². The predicted octanol–water partition coefficient (Wildman–Crippen LogP) is 4.83. The van der Waals surface area contributed by atoms with Gasteiger partial charge in [-0.1, -0.05) is 12.1 Å². The number of nitrogens with one attached hydrogen (secondary N) is 1. The van der Waals surface area contributed by atoms with Crippen molar-refractivity contribution in [3.8, 4) is 0 Å². The number of aromatic carboxylic acids is 1. The Balaban J connectivity index is 2.15. The zero-order valence-electron chi connectivity index (χ0n) is 10.8. The van der Waals surface area contributed by atoms with E-state index in [1.54, 1.807) is 12.1 Å². The van der Waals surface area contributed by atoms with E-state index in [0.717, 1.165) is 25.8 Å². The maximum atomic E-state index is 11.0. The third-order valence-corrected chi connectivity index (χ3v) is 4.83. The summed E-state index contributed by atoms with van der Waals surface area (Å²) in [5, 5.41) is 12.3. The number of benzene rings is 2. The van der Waals surface area contributed by atoms with Crippen molar-refractivity contribution < 1.29 is 9.90 Å². The van der Waals surface area contributed by atoms with Crippen molar-refractivity contribution in [2.24, 2.45) is 0 Å². The molecule has 0 heterocycles. The van der Waals surface area contributed by atoms with Crippen LogP contribution in [0.15, 0.2) is 45.3 Å². The monoisotopic (exact) mass is 397 g/mol. The van der Waals surface area contributed by atoms with E-state index in [1.165, 1.54) is 0 Å². The predicted molar refractivity (Wildman–Crippen MR) is 87.3 cm³/mol. The molecule has 0 atom stereocenters. The van der Waals surface area contributed by atoms with Crippen LogP contribution < -0.4 is 5.32 Å². The highest BCUT2D eigenvalue weighted by Gasteiger charge is 2.06. The molecule has 2 aromatic carbocycles. The largest absolute Gasteiger partial charge is 0.478 e. The number of hydrogen-bond donors (Lipinski definition) is 2. The summed E-state index contributed by atoms with van der Waals surface area (Å²) in [6.45, 7) is 2.58. The molecule has 0 aliphatic carbocycles. The smallest absolute Gasteiger partial charge is 0.335 e. The Hall–Kier alpha value is -1.33. The molecule has 0 radical (unpaired) electrons. The van der Waals surface area contributed by atoms with Gasteiger partial charge in [-0.2, -0.15) is 0 Å². The molecule has 104 valence electrons. The zero-order valence-corrected chi connectivity index (χ0v) is 14.0. The van der Waals surface area contributed by atoms with E-state index in [1.807, 2.05) is 31.2 Å². The molecule has 3 nitrogen and oxygen atoms in total. The van der Waals surface area contributed by atoms with Gasteiger partial charge in [0, 0.05) is 21.2 Å². The summed E-state index contributed by atoms with van der Waals surface area (Å²) in [5.74, 6) is -0.917. The minimum Gasteiger partial charge on any atom is -0.478 e. The van der Waals surface area contributed by atoms with Crippen molar-refractivity contribution in [3.63, 3.8) is 0 Å². The van der Waals surface area contributed by atoms with Crippen LogP contribution in [0.3, 0.4) is 0 Å². The number of carboxylic acids is 1. The molecule has 0 unspecified atom stereocenters. The van der Waals surface area contributed by atoms with Gasteiger partial charge in [0.1, 0.15) is 0 Å². The van der Waals surface area contributed by atoms with E-state index in [0.29, 0.717) is 6.54 Å². The van der Waals surface area contributed by atoms with Crippen LogP contribution in [-0.2, 0) is 6.54 Å². The lowest BCUT2D eigenvalue weighted by molar-refractivity contribution is 0.0697. The molecule has 0 saturated carbocycles. The van der Waals surface area contributed by atoms with Crippen molar-refractivity contribution in [2.45, 2.75) is 13.5 Å². The first-order valence-corrected chi connectivity index (χ1v) is 7.57. The summed E-state index contributed by atoms with van der Waals surface area (Å²) >= 11 is 6.89. The van der Waals surface area contributed by atoms with E-state index in [-0.39, 0.29) is 5.56 Å². The van der Waals surface area contributed by atoms with E-state index < -0.39 is 5.97 Å². The second-order valence-corrected chi connectivity index (χ2v) is 6.15. The number of halogens is 2. The van der Waals surface area contributed by atoms with Crippen LogP contribution in [0.1, 0.15) is 21.5 Å². The van der Waals surface area contributed by atoms with Crippen LogP contribution in [-0.4, -0.2) is 11.1 Å². The number of carbonyl (C=O) groups is 1. The highest BCUT2D eigenvalue weighted by molar-refractivity contribution is 9.13. The lowest BCUT2D eigenvalue weighted by Gasteiger charge is -2.11. The first-order chi connectivity index (χ1) is 9.47. The van der Waals surface area contributed by atoms with Crippen molar-refractivity contribution in [1.82, 2.24) is 0 Å². The summed E-state index contributed by atoms with van der Waals surface area (Å²) in [6.07, 6.45) is 0. The molecule has 0 fully saturated rings. The van der Waals surface area contributed by atoms with Crippen molar-refractivity contribution in [1.29, 1.82) is 0 Å². The Labute approximate surface area is 134 Å². The van der Waals surface area contributed by atoms with E-state index in [2.05, 4.69) is 37.2 Å². The average molecular weight is 399 g/mol. The fourth-order valence-electron chi connectivity index (χ4n) is 1.79. The van der Waals surface area contributed by atoms with Gasteiger partial charge in [-0.15, -0.1) is 0 Å². The van der Waals surface area contributed by atoms with Crippen molar-refractivity contribution in [2.75, 3.05) is 5.32 Å². The lowest BCUT2D eigenvalue weighted by atomic mass is 10.1. The molecule has 2 aromatic rings. The Kier molecular flexibility index (Phi) is 4.83. The van der Waals surface area contributed by atoms with Crippen LogP contribution in [0.25, 0.3) is 0 Å². The number of aryl methyl sites for hydroxylation is 1. The van der Waals surface area contributed by atoms with Gasteiger partial charge in [-0.3, -0.25) is 0 Å². The Morgan fingerprint density at radius 2 is 1.90 bits per heavy atom. The third kappa shape index (κ3) is 3.61. The molecule has 2 N–H and O–H groups in total. The highest BCUT2D eigenvalue weighted by atomic mass is 79.9. The summed E-state index contributed by atoms with van der Waals surface area (Å²) in [5.41, 5.74) is 3.26. The fourth-order valence-corrected chi connectivity index (χ4v) is 2.47. The van der Waals surface area contributed by atoms with Gasteiger partial charge in [0.2, 0.25) is 0 Å². The molecule has 0 aliphatic rings. The van der Waals surface area contributed by atoms with Gasteiger partial charge in [0.25, 0.3) is 0 Å². The molecule has 0 saturated heterocycles. The third-order valence-electron chi connectivity index (χ3n) is 2.95. The minimum absolute atomic E-state index is 0.287. The van der Waals surface area contributed by atoms with Gasteiger partial charge in [-0.05, 0) is 74.2 Å². The van der Waals surface area contributed by atoms with Crippen LogP contribution in [0, 0.1) is 6.92 Å². The van der Waals surface area contributed by atoms with Gasteiger partial charge >= 0.3 is 5.97 Å². The topological polar surface area (TPSA) is 49.3 Å². The van der Waals surface area contributed by atoms with Gasteiger partial charge in [0.05, 0.1) is 5.56 Å². The number of anilines is 1. The zero-order chi connectivity index (χ0) is 14.7. The fraction of sp³-hybridized carbons (Fsp3) is 0.133. The number of hydrogen-bond acceptors (Lipinski definition) is 2. The molecule has 0 spiro atoms. The van der Waals surface area contributed by atoms with Crippen LogP contribution in [0.5, 0.6) is 0 Å². The quantitative estimate of drug-likeness (QED) is 0.775. The summed E-state index contributed by atoms with van der Waals surface area (Å²) in [4.78, 5) is 11.0. The average Bonchev–Trinajstić information content (AvgIpc) is 2.41. The second-order valence-electron chi connectivity index (χ2n) is 4.44. The Morgan fingerprint density at radius 3 is 2.55 bits per heavy atom. The molecule has 20 heavy (non-hydrogen) atoms. The molecule has 0 bridgehead atoms. The van der Waals surface area contributed by atoms with Gasteiger partial charge in [-0.25, -0.2) is 4.79 Å².